The summed E-state index contributed by atoms with van der Waals surface area (Å²) in [5.74, 6) is 2.23. The largest absolute Gasteiger partial charge is 0.597 e. The fraction of sp³-hybridized carbons (Fsp3) is 0.833. The second-order valence-corrected chi connectivity index (χ2v) is 12.4. The van der Waals surface area contributed by atoms with Gasteiger partial charge in [0.25, 0.3) is 0 Å². The van der Waals surface area contributed by atoms with Crippen LogP contribution in [0.3, 0.4) is 0 Å². The van der Waals surface area contributed by atoms with Crippen LogP contribution in [0.15, 0.2) is 6.07 Å². The highest BCUT2D eigenvalue weighted by molar-refractivity contribution is 14.1. The number of rotatable bonds is 3. The molecule has 24 heavy (non-hydrogen) atoms. The summed E-state index contributed by atoms with van der Waals surface area (Å²) in [5, 5.41) is 4.69. The lowest BCUT2D eigenvalue weighted by Crippen LogP contribution is -2.64. The third kappa shape index (κ3) is 2.58. The number of hydrogen-bond donors (Lipinski definition) is 0. The van der Waals surface area contributed by atoms with E-state index in [-0.39, 0.29) is 10.3 Å². The Morgan fingerprint density at radius 1 is 1.33 bits per heavy atom. The standard InChI is InChI=1S/C18H28IN3OS/c1-11(2)22-14(8-15(19)20-22)16-12-9-18(10-13(12)16)6-7-21(18)24(23)17(3,4)5/h8,11-13,16H,6-7,9-10H2,1-5H3/t12-,13+,16+,18-,24-/m0/s1. The molecule has 2 aliphatic carbocycles. The number of halogens is 1. The van der Waals surface area contributed by atoms with Gasteiger partial charge in [0, 0.05) is 35.6 Å². The van der Waals surface area contributed by atoms with Gasteiger partial charge in [0.15, 0.2) is 0 Å². The second kappa shape index (κ2) is 5.60. The Morgan fingerprint density at radius 2 is 1.96 bits per heavy atom. The lowest BCUT2D eigenvalue weighted by Gasteiger charge is -2.52. The lowest BCUT2D eigenvalue weighted by atomic mass is 9.81. The van der Waals surface area contributed by atoms with Crippen LogP contribution in [0.2, 0.25) is 0 Å². The molecule has 0 amide bonds. The van der Waals surface area contributed by atoms with Crippen LogP contribution in [0.25, 0.3) is 0 Å². The van der Waals surface area contributed by atoms with E-state index in [9.17, 15) is 4.55 Å². The maximum absolute atomic E-state index is 12.8. The maximum atomic E-state index is 12.8. The predicted molar refractivity (Wildman–Crippen MR) is 106 cm³/mol. The SMILES string of the molecule is CC(C)n1nc(I)cc1[C@H]1[C@@H]2C[C@]3(CCN3[S@@+]([O-])C(C)(C)C)C[C@@H]21. The Balaban J connectivity index is 1.49. The highest BCUT2D eigenvalue weighted by Crippen LogP contribution is 2.69. The van der Waals surface area contributed by atoms with Crippen LogP contribution < -0.4 is 0 Å². The molecule has 5 atom stereocenters. The summed E-state index contributed by atoms with van der Waals surface area (Å²) in [5.41, 5.74) is 1.67. The molecule has 0 bridgehead atoms. The first-order chi connectivity index (χ1) is 11.1. The predicted octanol–water partition coefficient (Wildman–Crippen LogP) is 4.10. The number of aromatic nitrogens is 2. The zero-order valence-corrected chi connectivity index (χ0v) is 18.2. The molecular weight excluding hydrogens is 433 g/mol. The molecular formula is C18H28IN3OS. The van der Waals surface area contributed by atoms with E-state index in [2.05, 4.69) is 77.4 Å². The minimum absolute atomic E-state index is 0.147. The smallest absolute Gasteiger partial charge is 0.137 e. The van der Waals surface area contributed by atoms with Crippen molar-refractivity contribution >= 4 is 34.0 Å². The fourth-order valence-corrected chi connectivity index (χ4v) is 7.02. The van der Waals surface area contributed by atoms with Crippen molar-refractivity contribution in [2.75, 3.05) is 6.54 Å². The Kier molecular flexibility index (Phi) is 4.11. The molecule has 1 aromatic rings. The molecule has 4 nitrogen and oxygen atoms in total. The van der Waals surface area contributed by atoms with Crippen molar-refractivity contribution in [2.45, 2.75) is 76.1 Å². The molecule has 2 saturated carbocycles. The van der Waals surface area contributed by atoms with Crippen LogP contribution in [-0.2, 0) is 11.4 Å². The van der Waals surface area contributed by atoms with E-state index in [0.29, 0.717) is 12.0 Å². The van der Waals surface area contributed by atoms with Crippen molar-refractivity contribution in [1.82, 2.24) is 14.1 Å². The third-order valence-electron chi connectivity index (χ3n) is 6.16. The Morgan fingerprint density at radius 3 is 2.42 bits per heavy atom. The van der Waals surface area contributed by atoms with E-state index in [1.165, 1.54) is 25.0 Å². The Bertz CT molecular complexity index is 641. The maximum Gasteiger partial charge on any atom is 0.137 e. The zero-order valence-electron chi connectivity index (χ0n) is 15.3. The van der Waals surface area contributed by atoms with Crippen molar-refractivity contribution in [3.63, 3.8) is 0 Å². The monoisotopic (exact) mass is 461 g/mol. The van der Waals surface area contributed by atoms with Gasteiger partial charge in [-0.25, -0.2) is 0 Å². The van der Waals surface area contributed by atoms with Gasteiger partial charge in [-0.05, 0) is 94.4 Å². The molecule has 1 aliphatic heterocycles. The van der Waals surface area contributed by atoms with E-state index in [1.54, 1.807) is 0 Å². The molecule has 1 spiro atoms. The zero-order chi connectivity index (χ0) is 17.4. The molecule has 1 aromatic heterocycles. The normalized spacial score (nSPS) is 36.9. The molecule has 0 N–H and O–H groups in total. The molecule has 0 radical (unpaired) electrons. The van der Waals surface area contributed by atoms with Gasteiger partial charge in [0.05, 0.1) is 5.54 Å². The minimum atomic E-state index is -0.868. The minimum Gasteiger partial charge on any atom is -0.597 e. The average Bonchev–Trinajstić information content (AvgIpc) is 2.84. The topological polar surface area (TPSA) is 44.1 Å². The van der Waals surface area contributed by atoms with Gasteiger partial charge in [-0.1, -0.05) is 0 Å². The van der Waals surface area contributed by atoms with Crippen molar-refractivity contribution in [2.24, 2.45) is 11.8 Å². The van der Waals surface area contributed by atoms with Gasteiger partial charge in [-0.2, -0.15) is 5.10 Å². The number of nitrogens with zero attached hydrogens (tertiary/aromatic N) is 3. The molecule has 3 fully saturated rings. The molecule has 1 saturated heterocycles. The van der Waals surface area contributed by atoms with E-state index in [1.807, 2.05) is 0 Å². The van der Waals surface area contributed by atoms with Crippen LogP contribution >= 0.6 is 22.6 Å². The van der Waals surface area contributed by atoms with E-state index in [4.69, 9.17) is 0 Å². The van der Waals surface area contributed by atoms with E-state index in [0.717, 1.165) is 22.1 Å². The first-order valence-corrected chi connectivity index (χ1v) is 11.3. The molecule has 3 aliphatic rings. The molecule has 2 heterocycles. The third-order valence-corrected chi connectivity index (χ3v) is 8.71. The highest BCUT2D eigenvalue weighted by Gasteiger charge is 2.69. The first kappa shape index (κ1) is 17.6. The van der Waals surface area contributed by atoms with E-state index < -0.39 is 11.4 Å². The van der Waals surface area contributed by atoms with Crippen molar-refractivity contribution in [3.05, 3.63) is 15.5 Å². The quantitative estimate of drug-likeness (QED) is 0.503. The van der Waals surface area contributed by atoms with Gasteiger partial charge in [-0.3, -0.25) is 4.68 Å². The summed E-state index contributed by atoms with van der Waals surface area (Å²) in [6.07, 6.45) is 3.68. The summed E-state index contributed by atoms with van der Waals surface area (Å²) in [4.78, 5) is 0. The highest BCUT2D eigenvalue weighted by atomic mass is 127. The number of hydrogen-bond acceptors (Lipinski definition) is 3. The van der Waals surface area contributed by atoms with Gasteiger partial charge in [0.1, 0.15) is 8.45 Å². The summed E-state index contributed by atoms with van der Waals surface area (Å²) in [6, 6.07) is 2.70. The summed E-state index contributed by atoms with van der Waals surface area (Å²) < 4.78 is 18.4. The average molecular weight is 461 g/mol. The van der Waals surface area contributed by atoms with Crippen molar-refractivity contribution < 1.29 is 4.55 Å². The van der Waals surface area contributed by atoms with Gasteiger partial charge in [0.2, 0.25) is 0 Å². The summed E-state index contributed by atoms with van der Waals surface area (Å²) in [7, 11) is 0. The van der Waals surface area contributed by atoms with Crippen molar-refractivity contribution in [1.29, 1.82) is 0 Å². The fourth-order valence-electron chi connectivity index (χ4n) is 4.96. The first-order valence-electron chi connectivity index (χ1n) is 9.09. The number of fused-ring (bicyclic) bond motifs is 1. The van der Waals surface area contributed by atoms with Crippen LogP contribution in [0.4, 0.5) is 0 Å². The van der Waals surface area contributed by atoms with Gasteiger partial charge in [-0.15, -0.1) is 4.31 Å². The molecule has 0 unspecified atom stereocenters. The second-order valence-electron chi connectivity index (χ2n) is 9.13. The summed E-state index contributed by atoms with van der Waals surface area (Å²) >= 11 is 1.46. The summed E-state index contributed by atoms with van der Waals surface area (Å²) in [6.45, 7) is 11.7. The molecule has 6 heteroatoms. The van der Waals surface area contributed by atoms with Crippen LogP contribution in [-0.4, -0.2) is 35.5 Å². The Hall–Kier alpha value is 0.210. The van der Waals surface area contributed by atoms with E-state index >= 15 is 0 Å². The van der Waals surface area contributed by atoms with Crippen molar-refractivity contribution in [3.8, 4) is 0 Å². The lowest BCUT2D eigenvalue weighted by molar-refractivity contribution is 0.0602. The van der Waals surface area contributed by atoms with Crippen LogP contribution in [0.1, 0.15) is 71.5 Å². The van der Waals surface area contributed by atoms with Crippen LogP contribution in [0.5, 0.6) is 0 Å². The van der Waals surface area contributed by atoms with Crippen LogP contribution in [0, 0.1) is 15.5 Å². The van der Waals surface area contributed by atoms with Gasteiger partial charge < -0.3 is 4.55 Å². The molecule has 134 valence electrons. The Labute approximate surface area is 162 Å². The van der Waals surface area contributed by atoms with Gasteiger partial charge >= 0.3 is 0 Å². The molecule has 0 aromatic carbocycles. The molecule has 4 rings (SSSR count).